The molecule has 0 atom stereocenters. The van der Waals surface area contributed by atoms with Gasteiger partial charge in [0.2, 0.25) is 0 Å². The van der Waals surface area contributed by atoms with E-state index in [0.29, 0.717) is 6.10 Å². The third-order valence-electron chi connectivity index (χ3n) is 5.16. The van der Waals surface area contributed by atoms with Gasteiger partial charge in [0.15, 0.2) is 5.13 Å². The Morgan fingerprint density at radius 1 is 1.04 bits per heavy atom. The number of hydrogen-bond acceptors (Lipinski definition) is 5. The molecule has 25 heavy (non-hydrogen) atoms. The summed E-state index contributed by atoms with van der Waals surface area (Å²) in [5.74, 6) is 0. The third kappa shape index (κ3) is 4.60. The van der Waals surface area contributed by atoms with Gasteiger partial charge in [0.05, 0.1) is 12.7 Å². The molecule has 2 aromatic rings. The highest BCUT2D eigenvalue weighted by molar-refractivity contribution is 7.15. The summed E-state index contributed by atoms with van der Waals surface area (Å²) in [5, 5.41) is 1.22. The number of anilines is 1. The van der Waals surface area contributed by atoms with Crippen molar-refractivity contribution in [2.24, 2.45) is 0 Å². The van der Waals surface area contributed by atoms with Gasteiger partial charge >= 0.3 is 0 Å². The van der Waals surface area contributed by atoms with Crippen LogP contribution < -0.4 is 4.90 Å². The van der Waals surface area contributed by atoms with Crippen molar-refractivity contribution in [2.45, 2.75) is 44.9 Å². The van der Waals surface area contributed by atoms with Gasteiger partial charge in [-0.2, -0.15) is 0 Å². The van der Waals surface area contributed by atoms with Gasteiger partial charge in [-0.25, -0.2) is 4.98 Å². The van der Waals surface area contributed by atoms with Crippen molar-refractivity contribution in [1.29, 1.82) is 0 Å². The van der Waals surface area contributed by atoms with Gasteiger partial charge in [0.25, 0.3) is 0 Å². The fraction of sp³-hybridized carbons (Fsp3) is 0.550. The van der Waals surface area contributed by atoms with Crippen molar-refractivity contribution >= 4 is 16.5 Å². The Kier molecular flexibility index (Phi) is 5.65. The first-order valence-electron chi connectivity index (χ1n) is 9.44. The van der Waals surface area contributed by atoms with Crippen LogP contribution in [0.25, 0.3) is 0 Å². The van der Waals surface area contributed by atoms with E-state index < -0.39 is 0 Å². The fourth-order valence-corrected chi connectivity index (χ4v) is 4.67. The number of ether oxygens (including phenoxy) is 1. The Morgan fingerprint density at radius 2 is 1.80 bits per heavy atom. The average molecular weight is 358 g/mol. The first-order valence-corrected chi connectivity index (χ1v) is 10.3. The molecule has 4 nitrogen and oxygen atoms in total. The third-order valence-corrected chi connectivity index (χ3v) is 6.20. The molecule has 3 heterocycles. The molecular formula is C20H27N3OS. The van der Waals surface area contributed by atoms with E-state index in [2.05, 4.69) is 51.3 Å². The maximum atomic E-state index is 6.10. The van der Waals surface area contributed by atoms with Gasteiger partial charge in [0, 0.05) is 43.8 Å². The van der Waals surface area contributed by atoms with E-state index in [-0.39, 0.29) is 0 Å². The van der Waals surface area contributed by atoms with E-state index >= 15 is 0 Å². The number of rotatable bonds is 6. The topological polar surface area (TPSA) is 28.6 Å². The van der Waals surface area contributed by atoms with Crippen LogP contribution in [0, 0.1) is 0 Å². The average Bonchev–Trinajstić information content (AvgIpc) is 3.34. The lowest BCUT2D eigenvalue weighted by molar-refractivity contribution is -0.00377. The SMILES string of the molecule is c1ccc(COC2CCN(Cc3cnc(N4CCCC4)s3)CC2)cc1. The summed E-state index contributed by atoms with van der Waals surface area (Å²) in [6.45, 7) is 6.37. The minimum absolute atomic E-state index is 0.401. The molecule has 1 aromatic carbocycles. The Balaban J connectivity index is 1.21. The lowest BCUT2D eigenvalue weighted by atomic mass is 10.1. The normalized spacial score (nSPS) is 19.6. The number of nitrogens with zero attached hydrogens (tertiary/aromatic N) is 3. The highest BCUT2D eigenvalue weighted by Crippen LogP contribution is 2.27. The van der Waals surface area contributed by atoms with Gasteiger partial charge in [-0.15, -0.1) is 11.3 Å². The minimum atomic E-state index is 0.401. The molecule has 4 rings (SSSR count). The fourth-order valence-electron chi connectivity index (χ4n) is 3.67. The highest BCUT2D eigenvalue weighted by Gasteiger charge is 2.21. The lowest BCUT2D eigenvalue weighted by Crippen LogP contribution is -2.36. The molecule has 2 fully saturated rings. The second-order valence-corrected chi connectivity index (χ2v) is 8.17. The standard InChI is InChI=1S/C20H27N3OS/c1-2-6-17(7-3-1)16-24-18-8-12-22(13-9-18)15-19-14-21-20(25-19)23-10-4-5-11-23/h1-3,6-7,14,18H,4-5,8-13,15-16H2. The number of likely N-dealkylation sites (tertiary alicyclic amines) is 1. The summed E-state index contributed by atoms with van der Waals surface area (Å²) in [6, 6.07) is 10.5. The Bertz CT molecular complexity index is 646. The first kappa shape index (κ1) is 17.0. The molecule has 0 spiro atoms. The van der Waals surface area contributed by atoms with Crippen LogP contribution in [0.15, 0.2) is 36.5 Å². The predicted octanol–water partition coefficient (Wildman–Crippen LogP) is 3.92. The molecule has 0 radical (unpaired) electrons. The van der Waals surface area contributed by atoms with Crippen molar-refractivity contribution in [1.82, 2.24) is 9.88 Å². The molecule has 5 heteroatoms. The second kappa shape index (κ2) is 8.30. The van der Waals surface area contributed by atoms with Crippen molar-refractivity contribution in [3.8, 4) is 0 Å². The summed E-state index contributed by atoms with van der Waals surface area (Å²) < 4.78 is 6.10. The highest BCUT2D eigenvalue weighted by atomic mass is 32.1. The van der Waals surface area contributed by atoms with Crippen molar-refractivity contribution in [3.05, 3.63) is 47.0 Å². The summed E-state index contributed by atoms with van der Waals surface area (Å²) in [7, 11) is 0. The Hall–Kier alpha value is -1.43. The Labute approximate surface area is 154 Å². The number of hydrogen-bond donors (Lipinski definition) is 0. The van der Waals surface area contributed by atoms with Crippen LogP contribution in [0.3, 0.4) is 0 Å². The Morgan fingerprint density at radius 3 is 2.56 bits per heavy atom. The van der Waals surface area contributed by atoms with Gasteiger partial charge in [-0.3, -0.25) is 4.90 Å². The molecule has 2 aliphatic heterocycles. The van der Waals surface area contributed by atoms with E-state index in [1.165, 1.54) is 41.5 Å². The van der Waals surface area contributed by atoms with Crippen LogP contribution in [-0.4, -0.2) is 42.2 Å². The molecule has 0 aliphatic carbocycles. The van der Waals surface area contributed by atoms with Crippen LogP contribution in [0.1, 0.15) is 36.1 Å². The molecule has 0 bridgehead atoms. The molecule has 2 aliphatic rings. The zero-order valence-corrected chi connectivity index (χ0v) is 15.6. The van der Waals surface area contributed by atoms with Crippen LogP contribution >= 0.6 is 11.3 Å². The zero-order valence-electron chi connectivity index (χ0n) is 14.8. The summed E-state index contributed by atoms with van der Waals surface area (Å²) in [4.78, 5) is 11.0. The van der Waals surface area contributed by atoms with E-state index in [1.54, 1.807) is 0 Å². The predicted molar refractivity (Wildman–Crippen MR) is 103 cm³/mol. The van der Waals surface area contributed by atoms with Crippen LogP contribution in [0.2, 0.25) is 0 Å². The molecule has 2 saturated heterocycles. The summed E-state index contributed by atoms with van der Waals surface area (Å²) in [5.41, 5.74) is 1.27. The van der Waals surface area contributed by atoms with Gasteiger partial charge in [-0.1, -0.05) is 30.3 Å². The minimum Gasteiger partial charge on any atom is -0.373 e. The number of piperidine rings is 1. The molecule has 0 amide bonds. The number of thiazole rings is 1. The molecular weight excluding hydrogens is 330 g/mol. The molecule has 1 aromatic heterocycles. The van der Waals surface area contributed by atoms with E-state index in [9.17, 15) is 0 Å². The number of aromatic nitrogens is 1. The molecule has 0 unspecified atom stereocenters. The molecule has 0 N–H and O–H groups in total. The first-order chi connectivity index (χ1) is 12.4. The summed E-state index contributed by atoms with van der Waals surface area (Å²) in [6.07, 6.45) is 7.36. The van der Waals surface area contributed by atoms with Crippen molar-refractivity contribution < 1.29 is 4.74 Å². The maximum Gasteiger partial charge on any atom is 0.185 e. The van der Waals surface area contributed by atoms with Crippen molar-refractivity contribution in [2.75, 3.05) is 31.1 Å². The van der Waals surface area contributed by atoms with Gasteiger partial charge < -0.3 is 9.64 Å². The number of benzene rings is 1. The zero-order chi connectivity index (χ0) is 16.9. The smallest absolute Gasteiger partial charge is 0.185 e. The lowest BCUT2D eigenvalue weighted by Gasteiger charge is -2.31. The maximum absolute atomic E-state index is 6.10. The van der Waals surface area contributed by atoms with E-state index in [0.717, 1.165) is 39.1 Å². The van der Waals surface area contributed by atoms with E-state index in [1.807, 2.05) is 11.3 Å². The van der Waals surface area contributed by atoms with Crippen LogP contribution in [0.4, 0.5) is 5.13 Å². The molecule has 0 saturated carbocycles. The van der Waals surface area contributed by atoms with Crippen LogP contribution in [0.5, 0.6) is 0 Å². The largest absolute Gasteiger partial charge is 0.373 e. The quantitative estimate of drug-likeness (QED) is 0.783. The van der Waals surface area contributed by atoms with Crippen LogP contribution in [-0.2, 0) is 17.9 Å². The van der Waals surface area contributed by atoms with Gasteiger partial charge in [-0.05, 0) is 31.2 Å². The van der Waals surface area contributed by atoms with Gasteiger partial charge in [0.1, 0.15) is 0 Å². The molecule has 134 valence electrons. The summed E-state index contributed by atoms with van der Waals surface area (Å²) >= 11 is 1.87. The monoisotopic (exact) mass is 357 g/mol. The van der Waals surface area contributed by atoms with E-state index in [4.69, 9.17) is 4.74 Å². The van der Waals surface area contributed by atoms with Crippen molar-refractivity contribution in [3.63, 3.8) is 0 Å². The second-order valence-electron chi connectivity index (χ2n) is 7.08.